The first-order valence-corrected chi connectivity index (χ1v) is 5.12. The van der Waals surface area contributed by atoms with Gasteiger partial charge >= 0.3 is 14.5 Å². The van der Waals surface area contributed by atoms with E-state index in [0.29, 0.717) is 0 Å². The van der Waals surface area contributed by atoms with E-state index in [-0.39, 0.29) is 0 Å². The normalized spacial score (nSPS) is 19.7. The summed E-state index contributed by atoms with van der Waals surface area (Å²) in [6.45, 7) is 3.85. The fraction of sp³-hybridized carbons (Fsp3) is 0.833. The van der Waals surface area contributed by atoms with Crippen LogP contribution in [0.15, 0.2) is 0 Å². The Labute approximate surface area is 98.9 Å². The van der Waals surface area contributed by atoms with Crippen molar-refractivity contribution in [2.75, 3.05) is 19.6 Å². The van der Waals surface area contributed by atoms with Crippen LogP contribution in [0.25, 0.3) is 0 Å². The highest BCUT2D eigenvalue weighted by molar-refractivity contribution is 6.50. The Morgan fingerprint density at radius 2 is 1.11 bits per heavy atom. The Kier molecular flexibility index (Phi) is 6.82. The van der Waals surface area contributed by atoms with Crippen LogP contribution in [0.3, 0.4) is 0 Å². The smallest absolute Gasteiger partial charge is 0.418 e. The molecule has 0 saturated carbocycles. The lowest BCUT2D eigenvalue weighted by atomic mass is 9.96. The zero-order valence-corrected chi connectivity index (χ0v) is 9.21. The van der Waals surface area contributed by atoms with Crippen LogP contribution in [-0.2, 0) is 0 Å². The predicted octanol–water partition coefficient (Wildman–Crippen LogP) is 1.36. The van der Waals surface area contributed by atoms with Crippen LogP contribution in [0.2, 0.25) is 0 Å². The lowest BCUT2D eigenvalue weighted by molar-refractivity contribution is -0.955. The second-order valence-electron chi connectivity index (χ2n) is 3.70. The van der Waals surface area contributed by atoms with Crippen molar-refractivity contribution < 1.29 is 39.5 Å². The van der Waals surface area contributed by atoms with Gasteiger partial charge in [-0.2, -0.15) is 0 Å². The zero-order valence-electron chi connectivity index (χ0n) is 9.21. The minimum Gasteiger partial charge on any atom is -0.418 e. The van der Waals surface area contributed by atoms with Gasteiger partial charge in [-0.1, -0.05) is 0 Å². The van der Waals surface area contributed by atoms with E-state index in [2.05, 4.69) is 5.43 Å². The molecule has 0 aromatic heterocycles. The summed E-state index contributed by atoms with van der Waals surface area (Å²) >= 11 is 0. The Morgan fingerprint density at radius 1 is 0.778 bits per heavy atom. The van der Waals surface area contributed by atoms with Crippen LogP contribution in [0, 0.1) is 5.92 Å². The Morgan fingerprint density at radius 3 is 1.17 bits per heavy atom. The molecule has 0 spiro atoms. The van der Waals surface area contributed by atoms with Crippen LogP contribution in [0.5, 0.6) is 0 Å². The summed E-state index contributed by atoms with van der Waals surface area (Å²) in [5.74, 6) is 1.74. The maximum absolute atomic E-state index is 9.75. The monoisotopic (exact) mass is 286 g/mol. The maximum atomic E-state index is 9.75. The minimum absolute atomic E-state index is 1.19. The first-order chi connectivity index (χ1) is 7.95. The predicted molar refractivity (Wildman–Crippen MR) is 51.5 cm³/mol. The molecule has 0 radical (unpaired) electrons. The first-order valence-electron chi connectivity index (χ1n) is 5.12. The van der Waals surface area contributed by atoms with Crippen LogP contribution in [0.1, 0.15) is 12.8 Å². The lowest BCUT2D eigenvalue weighted by Crippen LogP contribution is -3.21. The standard InChI is InChI=1S/C6H11N2.2BF4/c1-3-8-4-2-6(1)5-7-8;2*2-1(3,4)5/h7H,1-5H2;;/q+1;2*-1/p+1. The number of nitrogens with one attached hydrogen (secondary N) is 2. The van der Waals surface area contributed by atoms with E-state index >= 15 is 0 Å². The Balaban J connectivity index is 0.000000258. The first kappa shape index (κ1) is 17.4. The Hall–Kier alpha value is -0.640. The molecule has 2 bridgehead atoms. The molecule has 108 valence electrons. The van der Waals surface area contributed by atoms with E-state index in [0.717, 1.165) is 0 Å². The van der Waals surface area contributed by atoms with Gasteiger partial charge in [0.05, 0.1) is 0 Å². The SMILES string of the molecule is C1C[NH+]2CC[C+]1CN2.F[B-](F)(F)F.F[B-](F)(F)F. The fourth-order valence-corrected chi connectivity index (χ4v) is 1.51. The highest BCUT2D eigenvalue weighted by atomic mass is 19.5. The highest BCUT2D eigenvalue weighted by Crippen LogP contribution is 2.12. The molecule has 0 aromatic carbocycles. The van der Waals surface area contributed by atoms with Gasteiger partial charge in [-0.05, 0) is 0 Å². The minimum atomic E-state index is -6.00. The fourth-order valence-electron chi connectivity index (χ4n) is 1.51. The van der Waals surface area contributed by atoms with Crippen molar-refractivity contribution in [3.8, 4) is 0 Å². The molecule has 12 heteroatoms. The number of hydrogen-bond acceptors (Lipinski definition) is 1. The summed E-state index contributed by atoms with van der Waals surface area (Å²) in [6, 6.07) is 0. The van der Waals surface area contributed by atoms with Gasteiger partial charge in [0.15, 0.2) is 6.54 Å². The quantitative estimate of drug-likeness (QED) is 0.390. The maximum Gasteiger partial charge on any atom is 0.673 e. The number of hydrogen-bond donors (Lipinski definition) is 2. The number of halogens is 8. The van der Waals surface area contributed by atoms with Gasteiger partial charge in [0, 0.05) is 0 Å². The van der Waals surface area contributed by atoms with Crippen LogP contribution in [0.4, 0.5) is 34.5 Å². The second-order valence-corrected chi connectivity index (χ2v) is 3.70. The lowest BCUT2D eigenvalue weighted by Gasteiger charge is -2.28. The van der Waals surface area contributed by atoms with Crippen molar-refractivity contribution in [2.24, 2.45) is 0 Å². The summed E-state index contributed by atoms with van der Waals surface area (Å²) in [7, 11) is -12.0. The summed E-state index contributed by atoms with van der Waals surface area (Å²) in [5.41, 5.74) is 3.40. The average molecular weight is 286 g/mol. The molecular formula is C6H12B2F8N2. The van der Waals surface area contributed by atoms with E-state index in [1.54, 1.807) is 10.9 Å². The molecule has 0 aliphatic carbocycles. The van der Waals surface area contributed by atoms with Crippen LogP contribution >= 0.6 is 0 Å². The summed E-state index contributed by atoms with van der Waals surface area (Å²) in [5, 5.41) is 1.60. The summed E-state index contributed by atoms with van der Waals surface area (Å²) in [6.07, 6.45) is 2.75. The highest BCUT2D eigenvalue weighted by Gasteiger charge is 2.37. The van der Waals surface area contributed by atoms with E-state index in [9.17, 15) is 34.5 Å². The third-order valence-electron chi connectivity index (χ3n) is 2.15. The van der Waals surface area contributed by atoms with E-state index in [4.69, 9.17) is 0 Å². The number of quaternary nitrogens is 1. The summed E-state index contributed by atoms with van der Waals surface area (Å²) < 4.78 is 78.0. The molecule has 3 aliphatic heterocycles. The van der Waals surface area contributed by atoms with Gasteiger partial charge in [-0.3, -0.25) is 0 Å². The van der Waals surface area contributed by atoms with Crippen LogP contribution in [-0.4, -0.2) is 34.1 Å². The van der Waals surface area contributed by atoms with Gasteiger partial charge < -0.3 is 34.5 Å². The van der Waals surface area contributed by atoms with Gasteiger partial charge in [-0.15, -0.1) is 5.43 Å². The molecule has 0 aromatic rings. The molecular weight excluding hydrogens is 274 g/mol. The molecule has 2 nitrogen and oxygen atoms in total. The van der Waals surface area contributed by atoms with Crippen molar-refractivity contribution >= 4 is 14.5 Å². The van der Waals surface area contributed by atoms with Crippen molar-refractivity contribution in [3.05, 3.63) is 5.92 Å². The molecule has 0 unspecified atom stereocenters. The molecule has 3 rings (SSSR count). The van der Waals surface area contributed by atoms with Gasteiger partial charge in [0.1, 0.15) is 31.8 Å². The molecule has 3 fully saturated rings. The second kappa shape index (κ2) is 7.07. The third kappa shape index (κ3) is 15.4. The van der Waals surface area contributed by atoms with Crippen molar-refractivity contribution in [3.63, 3.8) is 0 Å². The average Bonchev–Trinajstić information content (AvgIpc) is 2.15. The Bertz CT molecular complexity index is 178. The molecule has 0 amide bonds. The summed E-state index contributed by atoms with van der Waals surface area (Å²) in [4.78, 5) is 0. The van der Waals surface area contributed by atoms with Crippen molar-refractivity contribution in [2.45, 2.75) is 12.8 Å². The number of fused-ring (bicyclic) bond motifs is 3. The largest absolute Gasteiger partial charge is 0.673 e. The molecule has 18 heavy (non-hydrogen) atoms. The van der Waals surface area contributed by atoms with Gasteiger partial charge in [0.2, 0.25) is 0 Å². The molecule has 2 N–H and O–H groups in total. The zero-order chi connectivity index (χ0) is 14.4. The topological polar surface area (TPSA) is 16.5 Å². The van der Waals surface area contributed by atoms with Crippen molar-refractivity contribution in [1.82, 2.24) is 5.43 Å². The molecule has 0 atom stereocenters. The van der Waals surface area contributed by atoms with E-state index < -0.39 is 14.5 Å². The van der Waals surface area contributed by atoms with E-state index in [1.807, 2.05) is 0 Å². The van der Waals surface area contributed by atoms with Gasteiger partial charge in [0.25, 0.3) is 0 Å². The molecule has 3 saturated heterocycles. The molecule has 3 heterocycles. The molecule has 3 aliphatic rings. The number of piperidine rings is 1. The number of rotatable bonds is 0. The third-order valence-corrected chi connectivity index (χ3v) is 2.15. The van der Waals surface area contributed by atoms with E-state index in [1.165, 1.54) is 32.5 Å². The van der Waals surface area contributed by atoms with Gasteiger partial charge in [-0.25, -0.2) is 5.01 Å². The van der Waals surface area contributed by atoms with Crippen LogP contribution < -0.4 is 10.4 Å². The van der Waals surface area contributed by atoms with Crippen molar-refractivity contribution in [1.29, 1.82) is 0 Å².